The second kappa shape index (κ2) is 67.0. The first kappa shape index (κ1) is 89.5. The van der Waals surface area contributed by atoms with Crippen LogP contribution >= 0.6 is 15.6 Å². The number of aliphatic hydroxyl groups is 1. The molecule has 0 aromatic rings. The van der Waals surface area contributed by atoms with Gasteiger partial charge in [-0.3, -0.25) is 37.3 Å². The Morgan fingerprint density at radius 2 is 0.606 bits per heavy atom. The highest BCUT2D eigenvalue weighted by molar-refractivity contribution is 7.47. The van der Waals surface area contributed by atoms with Gasteiger partial charge in [0.05, 0.1) is 32.8 Å². The zero-order chi connectivity index (χ0) is 69.0. The Kier molecular flexibility index (Phi) is 63.8. The van der Waals surface area contributed by atoms with E-state index in [0.29, 0.717) is 32.1 Å². The predicted molar refractivity (Wildman–Crippen MR) is 381 cm³/mol. The summed E-state index contributed by atoms with van der Waals surface area (Å²) in [6.07, 6.45) is 71.1. The van der Waals surface area contributed by atoms with Gasteiger partial charge in [0.1, 0.15) is 19.3 Å². The number of aliphatic hydroxyl groups excluding tert-OH is 1. The normalized spacial score (nSPS) is 14.8. The van der Waals surface area contributed by atoms with Gasteiger partial charge in [-0.15, -0.1) is 0 Å². The summed E-state index contributed by atoms with van der Waals surface area (Å²) in [4.78, 5) is 72.5. The fourth-order valence-electron chi connectivity index (χ4n) is 9.03. The Labute approximate surface area is 568 Å². The van der Waals surface area contributed by atoms with E-state index in [9.17, 15) is 43.2 Å². The second-order valence-corrected chi connectivity index (χ2v) is 26.3. The number of phosphoric ester groups is 2. The quantitative estimate of drug-likeness (QED) is 0.0169. The maximum atomic E-state index is 13.0. The van der Waals surface area contributed by atoms with Crippen LogP contribution in [0.3, 0.4) is 0 Å². The lowest BCUT2D eigenvalue weighted by Gasteiger charge is -2.21. The Bertz CT molecular complexity index is 2270. The molecule has 3 N–H and O–H groups in total. The number of phosphoric acid groups is 2. The van der Waals surface area contributed by atoms with Crippen LogP contribution in [0.2, 0.25) is 0 Å². The predicted octanol–water partition coefficient (Wildman–Crippen LogP) is 20.0. The van der Waals surface area contributed by atoms with E-state index in [4.69, 9.17) is 37.0 Å². The molecule has 5 atom stereocenters. The van der Waals surface area contributed by atoms with Crippen molar-refractivity contribution < 1.29 is 80.2 Å². The molecule has 0 aliphatic rings. The van der Waals surface area contributed by atoms with E-state index >= 15 is 0 Å². The van der Waals surface area contributed by atoms with E-state index in [1.54, 1.807) is 6.08 Å². The summed E-state index contributed by atoms with van der Waals surface area (Å²) >= 11 is 0. The van der Waals surface area contributed by atoms with Gasteiger partial charge < -0.3 is 33.8 Å². The van der Waals surface area contributed by atoms with Gasteiger partial charge in [-0.2, -0.15) is 0 Å². The van der Waals surface area contributed by atoms with Gasteiger partial charge in [-0.05, 0) is 109 Å². The van der Waals surface area contributed by atoms with Gasteiger partial charge >= 0.3 is 39.5 Å². The van der Waals surface area contributed by atoms with Crippen LogP contribution in [0, 0.1) is 0 Å². The Balaban J connectivity index is 5.44. The molecule has 0 aliphatic carbocycles. The minimum atomic E-state index is -5.00. The highest BCUT2D eigenvalue weighted by Gasteiger charge is 2.30. The smallest absolute Gasteiger partial charge is 0.462 e. The summed E-state index contributed by atoms with van der Waals surface area (Å²) in [5, 5.41) is 10.6. The van der Waals surface area contributed by atoms with Crippen molar-refractivity contribution in [1.82, 2.24) is 0 Å². The summed E-state index contributed by atoms with van der Waals surface area (Å²) < 4.78 is 68.1. The molecule has 538 valence electrons. The van der Waals surface area contributed by atoms with E-state index in [0.717, 1.165) is 116 Å². The van der Waals surface area contributed by atoms with Crippen LogP contribution in [0.25, 0.3) is 0 Å². The standard InChI is InChI=1S/C75H126O17P2/c1-5-9-13-17-21-25-29-32-34-37-41-44-48-52-56-60-73(78)86-66-71(92-75(80)62-58-54-50-46-42-38-35-33-30-26-22-18-14-10-6-2)68-90-94(83,84)88-64-69(76)63-87-93(81,82)89-67-70(91-74(79)61-57-53-49-45-39-28-24-20-16-12-8-4)65-85-72(77)59-55-51-47-43-40-36-31-27-23-19-15-11-7-3/h9-10,13-14,20-22,24-26,32-35,41-42,44,46,52,56,69-71,76H,5-8,11-12,15-19,23,27-31,36-40,43,45,47-51,53-55,57-68H2,1-4H3,(H,81,82)(H,83,84)/b13-9-,14-10-,24-20-,25-21-,26-22-,34-32-,35-33-,44-41-,46-42-,56-52-. The van der Waals surface area contributed by atoms with Crippen molar-refractivity contribution in [3.63, 3.8) is 0 Å². The second-order valence-electron chi connectivity index (χ2n) is 23.4. The van der Waals surface area contributed by atoms with E-state index in [1.807, 2.05) is 24.3 Å². The molecular weight excluding hydrogens is 1230 g/mol. The van der Waals surface area contributed by atoms with Gasteiger partial charge in [0.25, 0.3) is 0 Å². The van der Waals surface area contributed by atoms with Crippen molar-refractivity contribution in [3.8, 4) is 0 Å². The number of carbonyl (C=O) groups excluding carboxylic acids is 4. The molecule has 0 aliphatic heterocycles. The molecule has 19 heteroatoms. The summed E-state index contributed by atoms with van der Waals surface area (Å²) in [5.41, 5.74) is 0. The van der Waals surface area contributed by atoms with Gasteiger partial charge in [-0.25, -0.2) is 9.13 Å². The largest absolute Gasteiger partial charge is 0.472 e. The molecule has 94 heavy (non-hydrogen) atoms. The van der Waals surface area contributed by atoms with E-state index < -0.39 is 97.5 Å². The van der Waals surface area contributed by atoms with Crippen LogP contribution in [-0.2, 0) is 65.4 Å². The molecule has 0 amide bonds. The molecule has 0 bridgehead atoms. The minimum Gasteiger partial charge on any atom is -0.462 e. The van der Waals surface area contributed by atoms with Crippen LogP contribution in [-0.4, -0.2) is 96.7 Å². The number of hydrogen-bond donors (Lipinski definition) is 3. The SMILES string of the molecule is CC/C=C\C/C=C\C/C=C\C/C=C\C/C=C\CC(=O)OCC(COP(=O)(O)OCC(O)COP(=O)(O)OCC(COC(=O)CCCCCCCCCCCCCCC)OC(=O)CCCCCCC/C=C\CCCC)OC(=O)CCCC/C=C\C/C=C\C/C=C\C/C=C\CC. The summed E-state index contributed by atoms with van der Waals surface area (Å²) in [6.45, 7) is 4.41. The fraction of sp³-hybridized carbons (Fsp3) is 0.680. The summed E-state index contributed by atoms with van der Waals surface area (Å²) in [7, 11) is -9.98. The maximum Gasteiger partial charge on any atom is 0.472 e. The summed E-state index contributed by atoms with van der Waals surface area (Å²) in [6, 6.07) is 0. The molecule has 0 radical (unpaired) electrons. The number of allylic oxidation sites excluding steroid dienone is 19. The first-order chi connectivity index (χ1) is 45.7. The topological polar surface area (TPSA) is 237 Å². The molecule has 5 unspecified atom stereocenters. The van der Waals surface area contributed by atoms with Gasteiger partial charge in [0.15, 0.2) is 12.2 Å². The molecule has 0 aromatic carbocycles. The van der Waals surface area contributed by atoms with Crippen molar-refractivity contribution in [1.29, 1.82) is 0 Å². The van der Waals surface area contributed by atoms with E-state index in [-0.39, 0.29) is 25.7 Å². The molecule has 0 saturated carbocycles. The zero-order valence-corrected chi connectivity index (χ0v) is 60.1. The van der Waals surface area contributed by atoms with Crippen LogP contribution in [0.15, 0.2) is 122 Å². The van der Waals surface area contributed by atoms with Crippen molar-refractivity contribution in [2.75, 3.05) is 39.6 Å². The monoisotopic (exact) mass is 1360 g/mol. The molecule has 0 aromatic heterocycles. The van der Waals surface area contributed by atoms with Crippen LogP contribution in [0.5, 0.6) is 0 Å². The average Bonchev–Trinajstić information content (AvgIpc) is 1.36. The fourth-order valence-corrected chi connectivity index (χ4v) is 10.6. The third-order valence-electron chi connectivity index (χ3n) is 14.5. The van der Waals surface area contributed by atoms with Crippen molar-refractivity contribution in [2.24, 2.45) is 0 Å². The lowest BCUT2D eigenvalue weighted by Crippen LogP contribution is -2.30. The number of esters is 4. The van der Waals surface area contributed by atoms with Crippen LogP contribution in [0.4, 0.5) is 0 Å². The number of ether oxygens (including phenoxy) is 4. The number of hydrogen-bond acceptors (Lipinski definition) is 15. The molecule has 0 spiro atoms. The van der Waals surface area contributed by atoms with Crippen molar-refractivity contribution in [3.05, 3.63) is 122 Å². The van der Waals surface area contributed by atoms with Crippen molar-refractivity contribution in [2.45, 2.75) is 290 Å². The molecule has 17 nitrogen and oxygen atoms in total. The number of rotatable bonds is 66. The molecule has 0 fully saturated rings. The first-order valence-corrected chi connectivity index (χ1v) is 38.8. The Hall–Kier alpha value is -4.54. The minimum absolute atomic E-state index is 0.0206. The maximum absolute atomic E-state index is 13.0. The lowest BCUT2D eigenvalue weighted by molar-refractivity contribution is -0.161. The highest BCUT2D eigenvalue weighted by Crippen LogP contribution is 2.45. The Morgan fingerprint density at radius 1 is 0.319 bits per heavy atom. The third kappa shape index (κ3) is 66.1. The highest BCUT2D eigenvalue weighted by atomic mass is 31.2. The third-order valence-corrected chi connectivity index (χ3v) is 16.4. The zero-order valence-electron chi connectivity index (χ0n) is 58.3. The van der Waals surface area contributed by atoms with Crippen LogP contribution in [0.1, 0.15) is 272 Å². The van der Waals surface area contributed by atoms with Crippen LogP contribution < -0.4 is 0 Å². The first-order valence-electron chi connectivity index (χ1n) is 35.8. The lowest BCUT2D eigenvalue weighted by atomic mass is 10.0. The summed E-state index contributed by atoms with van der Waals surface area (Å²) in [5.74, 6) is -2.38. The molecule has 0 rings (SSSR count). The van der Waals surface area contributed by atoms with E-state index in [1.165, 1.54) is 70.6 Å². The van der Waals surface area contributed by atoms with E-state index in [2.05, 4.69) is 119 Å². The average molecular weight is 1360 g/mol. The molecule has 0 heterocycles. The molecule has 0 saturated heterocycles. The van der Waals surface area contributed by atoms with Crippen molar-refractivity contribution >= 4 is 39.5 Å². The Morgan fingerprint density at radius 3 is 1.01 bits per heavy atom. The van der Waals surface area contributed by atoms with Gasteiger partial charge in [-0.1, -0.05) is 258 Å². The molecular formula is C75H126O17P2. The number of unbranched alkanes of at least 4 members (excludes halogenated alkanes) is 21. The van der Waals surface area contributed by atoms with Gasteiger partial charge in [0, 0.05) is 19.3 Å². The number of carbonyl (C=O) groups is 4. The van der Waals surface area contributed by atoms with Gasteiger partial charge in [0.2, 0.25) is 0 Å².